The van der Waals surface area contributed by atoms with Crippen molar-refractivity contribution >= 4 is 0 Å². The molecule has 1 aromatic rings. The summed E-state index contributed by atoms with van der Waals surface area (Å²) in [6.07, 6.45) is 11.8. The van der Waals surface area contributed by atoms with Crippen molar-refractivity contribution in [2.45, 2.75) is 85.2 Å². The highest BCUT2D eigenvalue weighted by atomic mass is 16.5. The lowest BCUT2D eigenvalue weighted by Crippen LogP contribution is -2.56. The third-order valence-electron chi connectivity index (χ3n) is 10.1. The van der Waals surface area contributed by atoms with Crippen LogP contribution in [-0.4, -0.2) is 6.10 Å². The van der Waals surface area contributed by atoms with Crippen molar-refractivity contribution in [3.8, 4) is 5.75 Å². The molecule has 9 atom stereocenters. The van der Waals surface area contributed by atoms with Crippen LogP contribution in [0.2, 0.25) is 0 Å². The van der Waals surface area contributed by atoms with E-state index in [0.717, 1.165) is 41.3 Å². The van der Waals surface area contributed by atoms with Crippen molar-refractivity contribution in [3.05, 3.63) is 30.3 Å². The van der Waals surface area contributed by atoms with Crippen LogP contribution in [0.3, 0.4) is 0 Å². The molecule has 0 bridgehead atoms. The third-order valence-corrected chi connectivity index (χ3v) is 10.1. The number of hydrogen-bond acceptors (Lipinski definition) is 1. The molecule has 4 fully saturated rings. The Kier molecular flexibility index (Phi) is 4.60. The number of ether oxygens (including phenoxy) is 1. The first-order chi connectivity index (χ1) is 13.4. The van der Waals surface area contributed by atoms with Gasteiger partial charge in [0.1, 0.15) is 5.75 Å². The molecule has 0 spiro atoms. The van der Waals surface area contributed by atoms with E-state index >= 15 is 0 Å². The fourth-order valence-corrected chi connectivity index (χ4v) is 8.89. The van der Waals surface area contributed by atoms with Gasteiger partial charge in [-0.3, -0.25) is 0 Å². The lowest BCUT2D eigenvalue weighted by Gasteiger charge is -2.63. The molecule has 4 saturated carbocycles. The second-order valence-electron chi connectivity index (χ2n) is 11.7. The topological polar surface area (TPSA) is 9.23 Å². The molecule has 0 saturated heterocycles. The molecular weight excluding hydrogens is 340 g/mol. The van der Waals surface area contributed by atoms with Gasteiger partial charge in [0.15, 0.2) is 0 Å². The summed E-state index contributed by atoms with van der Waals surface area (Å²) in [5.41, 5.74) is 1.10. The van der Waals surface area contributed by atoms with E-state index in [0.29, 0.717) is 16.9 Å². The fraction of sp³-hybridized carbons (Fsp3) is 0.778. The van der Waals surface area contributed by atoms with Gasteiger partial charge in [-0.05, 0) is 97.0 Å². The Morgan fingerprint density at radius 1 is 0.857 bits per heavy atom. The van der Waals surface area contributed by atoms with Crippen molar-refractivity contribution in [1.82, 2.24) is 0 Å². The van der Waals surface area contributed by atoms with Gasteiger partial charge in [-0.1, -0.05) is 58.7 Å². The van der Waals surface area contributed by atoms with Gasteiger partial charge in [0, 0.05) is 0 Å². The molecule has 0 amide bonds. The highest BCUT2D eigenvalue weighted by molar-refractivity contribution is 5.22. The molecule has 0 N–H and O–H groups in total. The van der Waals surface area contributed by atoms with Crippen LogP contribution in [0.4, 0.5) is 0 Å². The van der Waals surface area contributed by atoms with Gasteiger partial charge in [-0.25, -0.2) is 0 Å². The minimum Gasteiger partial charge on any atom is -0.490 e. The van der Waals surface area contributed by atoms with Gasteiger partial charge in [-0.2, -0.15) is 0 Å². The number of benzene rings is 1. The predicted molar refractivity (Wildman–Crippen MR) is 116 cm³/mol. The molecule has 1 nitrogen and oxygen atoms in total. The van der Waals surface area contributed by atoms with Gasteiger partial charge in [0.25, 0.3) is 0 Å². The first kappa shape index (κ1) is 19.0. The summed E-state index contributed by atoms with van der Waals surface area (Å²) < 4.78 is 6.50. The van der Waals surface area contributed by atoms with E-state index in [2.05, 4.69) is 58.0 Å². The molecule has 4 aliphatic carbocycles. The quantitative estimate of drug-likeness (QED) is 0.521. The zero-order valence-electron chi connectivity index (χ0n) is 18.5. The van der Waals surface area contributed by atoms with Crippen LogP contribution >= 0.6 is 0 Å². The molecule has 154 valence electrons. The molecule has 1 unspecified atom stereocenters. The maximum absolute atomic E-state index is 6.50. The third kappa shape index (κ3) is 2.86. The summed E-state index contributed by atoms with van der Waals surface area (Å²) >= 11 is 0. The van der Waals surface area contributed by atoms with Crippen molar-refractivity contribution in [1.29, 1.82) is 0 Å². The fourth-order valence-electron chi connectivity index (χ4n) is 8.89. The average molecular weight is 381 g/mol. The van der Waals surface area contributed by atoms with E-state index in [1.54, 1.807) is 0 Å². The van der Waals surface area contributed by atoms with Crippen LogP contribution in [0.1, 0.15) is 79.1 Å². The minimum absolute atomic E-state index is 0.416. The summed E-state index contributed by atoms with van der Waals surface area (Å²) in [6, 6.07) is 10.5. The summed E-state index contributed by atoms with van der Waals surface area (Å²) in [7, 11) is 0. The standard InChI is InChI=1S/C27H40O/c1-18-9-8-13-27(4)22-12-14-26(3)17-21(28-20-10-6-5-7-11-20)16-24(26)25(22)19(2)15-23(18)27/h5-7,10-11,18-19,21-25H,8-9,12-17H2,1-4H3/t18?,19-,21-,22-,23-,24-,25+,26+,27+/m0/s1. The molecule has 1 aromatic carbocycles. The predicted octanol–water partition coefficient (Wildman–Crippen LogP) is 7.36. The second kappa shape index (κ2) is 6.78. The zero-order chi connectivity index (χ0) is 19.5. The monoisotopic (exact) mass is 380 g/mol. The first-order valence-corrected chi connectivity index (χ1v) is 12.1. The summed E-state index contributed by atoms with van der Waals surface area (Å²) in [5, 5.41) is 0. The SMILES string of the molecule is CC1CCC[C@@]2(C)[C@H]1C[C@H](C)[C@H]1[C@@H]3C[C@H](Oc4ccccc4)C[C@@]3(C)CC[C@@H]12. The Balaban J connectivity index is 1.40. The summed E-state index contributed by atoms with van der Waals surface area (Å²) in [4.78, 5) is 0. The molecule has 0 aromatic heterocycles. The number of fused-ring (bicyclic) bond motifs is 5. The van der Waals surface area contributed by atoms with E-state index in [4.69, 9.17) is 4.74 Å². The Bertz CT molecular complexity index is 697. The Hall–Kier alpha value is -0.980. The minimum atomic E-state index is 0.416. The molecule has 0 heterocycles. The van der Waals surface area contributed by atoms with E-state index in [9.17, 15) is 0 Å². The van der Waals surface area contributed by atoms with Crippen molar-refractivity contribution in [2.75, 3.05) is 0 Å². The summed E-state index contributed by atoms with van der Waals surface area (Å²) in [5.74, 6) is 6.62. The molecule has 4 aliphatic rings. The van der Waals surface area contributed by atoms with Gasteiger partial charge in [0.05, 0.1) is 6.10 Å². The largest absolute Gasteiger partial charge is 0.490 e. The molecule has 0 aliphatic heterocycles. The van der Waals surface area contributed by atoms with Crippen LogP contribution < -0.4 is 4.74 Å². The number of para-hydroxylation sites is 1. The normalized spacial score (nSPS) is 50.4. The van der Waals surface area contributed by atoms with E-state index < -0.39 is 0 Å². The maximum Gasteiger partial charge on any atom is 0.119 e. The smallest absolute Gasteiger partial charge is 0.119 e. The Morgan fingerprint density at radius 3 is 2.43 bits per heavy atom. The number of rotatable bonds is 2. The van der Waals surface area contributed by atoms with E-state index in [1.807, 2.05) is 0 Å². The van der Waals surface area contributed by atoms with Crippen molar-refractivity contribution in [3.63, 3.8) is 0 Å². The van der Waals surface area contributed by atoms with Crippen LogP contribution in [0.5, 0.6) is 5.75 Å². The Labute approximate surface area is 172 Å². The van der Waals surface area contributed by atoms with Gasteiger partial charge < -0.3 is 4.74 Å². The zero-order valence-corrected chi connectivity index (χ0v) is 18.5. The van der Waals surface area contributed by atoms with Gasteiger partial charge in [0.2, 0.25) is 0 Å². The van der Waals surface area contributed by atoms with E-state index in [1.165, 1.54) is 51.4 Å². The van der Waals surface area contributed by atoms with Crippen LogP contribution in [0, 0.1) is 46.3 Å². The molecule has 28 heavy (non-hydrogen) atoms. The highest BCUT2D eigenvalue weighted by Gasteiger charge is 2.61. The molecule has 1 heteroatoms. The van der Waals surface area contributed by atoms with Crippen LogP contribution in [0.15, 0.2) is 30.3 Å². The van der Waals surface area contributed by atoms with Gasteiger partial charge >= 0.3 is 0 Å². The second-order valence-corrected chi connectivity index (χ2v) is 11.7. The van der Waals surface area contributed by atoms with Crippen LogP contribution in [0.25, 0.3) is 0 Å². The molecular formula is C27H40O. The summed E-state index contributed by atoms with van der Waals surface area (Å²) in [6.45, 7) is 10.5. The van der Waals surface area contributed by atoms with Crippen molar-refractivity contribution in [2.24, 2.45) is 46.3 Å². The number of hydrogen-bond donors (Lipinski definition) is 0. The van der Waals surface area contributed by atoms with Crippen molar-refractivity contribution < 1.29 is 4.74 Å². The van der Waals surface area contributed by atoms with Crippen LogP contribution in [-0.2, 0) is 0 Å². The average Bonchev–Trinajstić information content (AvgIpc) is 3.00. The van der Waals surface area contributed by atoms with E-state index in [-0.39, 0.29) is 0 Å². The first-order valence-electron chi connectivity index (χ1n) is 12.1. The Morgan fingerprint density at radius 2 is 1.64 bits per heavy atom. The lowest BCUT2D eigenvalue weighted by molar-refractivity contribution is -0.141. The maximum atomic E-state index is 6.50. The highest BCUT2D eigenvalue weighted by Crippen LogP contribution is 2.68. The van der Waals surface area contributed by atoms with Gasteiger partial charge in [-0.15, -0.1) is 0 Å². The lowest BCUT2D eigenvalue weighted by atomic mass is 9.42. The molecule has 5 rings (SSSR count). The molecule has 0 radical (unpaired) electrons.